The first-order valence-corrected chi connectivity index (χ1v) is 13.6. The molecule has 0 atom stereocenters. The molecule has 1 heteroatoms. The van der Waals surface area contributed by atoms with Crippen LogP contribution in [0.2, 0.25) is 0 Å². The summed E-state index contributed by atoms with van der Waals surface area (Å²) in [5.74, 6) is 0. The van der Waals surface area contributed by atoms with Gasteiger partial charge in [-0.1, -0.05) is 0 Å². The van der Waals surface area contributed by atoms with Gasteiger partial charge in [0.05, 0.1) is 0 Å². The second kappa shape index (κ2) is 15.7. The second-order valence-electron chi connectivity index (χ2n) is 8.07. The van der Waals surface area contributed by atoms with Crippen LogP contribution in [0.15, 0.2) is 12.2 Å². The summed E-state index contributed by atoms with van der Waals surface area (Å²) in [5, 5.41) is 0. The Morgan fingerprint density at radius 2 is 1.00 bits per heavy atom. The van der Waals surface area contributed by atoms with Crippen LogP contribution in [0, 0.1) is 0 Å². The first-order valence-electron chi connectivity index (χ1n) is 10.7. The molecule has 0 fully saturated rings. The summed E-state index contributed by atoms with van der Waals surface area (Å²) in [6.07, 6.45) is 23.4. The summed E-state index contributed by atoms with van der Waals surface area (Å²) in [4.78, 5) is 0. The molecule has 0 rings (SSSR count). The Morgan fingerprint density at radius 3 is 1.43 bits per heavy atom. The van der Waals surface area contributed by atoms with Crippen molar-refractivity contribution in [3.05, 3.63) is 12.2 Å². The van der Waals surface area contributed by atoms with E-state index in [1.54, 1.807) is 18.5 Å². The van der Waals surface area contributed by atoms with E-state index in [-0.39, 0.29) is 0 Å². The Balaban J connectivity index is 4.23. The van der Waals surface area contributed by atoms with Crippen LogP contribution in [-0.2, 0) is 0 Å². The monoisotopic (exact) mass is 342 g/mol. The Kier molecular flexibility index (Phi) is 15.8. The van der Waals surface area contributed by atoms with Crippen molar-refractivity contribution < 1.29 is 0 Å². The molecule has 0 bridgehead atoms. The zero-order valence-electron chi connectivity index (χ0n) is 17.0. The minimum atomic E-state index is -1.08. The van der Waals surface area contributed by atoms with Crippen LogP contribution in [0.1, 0.15) is 105 Å². The summed E-state index contributed by atoms with van der Waals surface area (Å²) in [6, 6.07) is 0. The molecule has 23 heavy (non-hydrogen) atoms. The number of allylic oxidation sites excluding steroid dienone is 1. The van der Waals surface area contributed by atoms with Gasteiger partial charge < -0.3 is 0 Å². The molecule has 0 radical (unpaired) electrons. The number of hydrogen-bond acceptors (Lipinski definition) is 0. The van der Waals surface area contributed by atoms with E-state index >= 15 is 0 Å². The second-order valence-corrected chi connectivity index (χ2v) is 12.9. The Morgan fingerprint density at radius 1 is 0.609 bits per heavy atom. The molecule has 0 spiro atoms. The third-order valence-electron chi connectivity index (χ3n) is 5.36. The number of rotatable bonds is 17. The molecule has 0 aromatic carbocycles. The van der Waals surface area contributed by atoms with Gasteiger partial charge in [0.15, 0.2) is 0 Å². The molecule has 0 aliphatic carbocycles. The van der Waals surface area contributed by atoms with Crippen LogP contribution in [-0.4, -0.2) is 24.6 Å². The van der Waals surface area contributed by atoms with Gasteiger partial charge >= 0.3 is 149 Å². The Labute approximate surface area is 149 Å². The minimum absolute atomic E-state index is 1.08. The van der Waals surface area contributed by atoms with E-state index < -0.39 is 7.26 Å². The maximum absolute atomic E-state index is 4.28. The fraction of sp³-hybridized carbons (Fsp3) is 0.909. The van der Waals surface area contributed by atoms with Crippen LogP contribution < -0.4 is 0 Å². The summed E-state index contributed by atoms with van der Waals surface area (Å²) >= 11 is 0. The van der Waals surface area contributed by atoms with Crippen molar-refractivity contribution in [1.29, 1.82) is 0 Å². The van der Waals surface area contributed by atoms with Crippen molar-refractivity contribution >= 4 is 7.26 Å². The van der Waals surface area contributed by atoms with Crippen LogP contribution in [0.3, 0.4) is 0 Å². The molecule has 0 amide bonds. The van der Waals surface area contributed by atoms with Gasteiger partial charge in [0.1, 0.15) is 0 Å². The number of unbranched alkanes of at least 4 members (excludes halogenated alkanes) is 9. The molecule has 0 saturated heterocycles. The molecule has 0 nitrogen and oxygen atoms in total. The third kappa shape index (κ3) is 13.2. The van der Waals surface area contributed by atoms with E-state index in [2.05, 4.69) is 34.3 Å². The van der Waals surface area contributed by atoms with Gasteiger partial charge in [-0.3, -0.25) is 0 Å². The summed E-state index contributed by atoms with van der Waals surface area (Å²) in [6.45, 7) is 13.6. The molecule has 140 valence electrons. The van der Waals surface area contributed by atoms with Gasteiger partial charge in [-0.25, -0.2) is 0 Å². The Bertz CT molecular complexity index is 261. The molecule has 0 aliphatic heterocycles. The van der Waals surface area contributed by atoms with Gasteiger partial charge in [0, 0.05) is 0 Å². The topological polar surface area (TPSA) is 0 Å². The van der Waals surface area contributed by atoms with Crippen molar-refractivity contribution in [2.75, 3.05) is 24.6 Å². The quantitative estimate of drug-likeness (QED) is 0.142. The molecule has 0 aliphatic rings. The zero-order valence-corrected chi connectivity index (χ0v) is 18.0. The van der Waals surface area contributed by atoms with Gasteiger partial charge in [0.2, 0.25) is 0 Å². The summed E-state index contributed by atoms with van der Waals surface area (Å²) < 4.78 is 0. The van der Waals surface area contributed by atoms with Crippen molar-refractivity contribution in [2.24, 2.45) is 0 Å². The molecular weight excluding hydrogens is 295 g/mol. The molecule has 0 aromatic rings. The van der Waals surface area contributed by atoms with Gasteiger partial charge in [-0.2, -0.15) is 0 Å². The van der Waals surface area contributed by atoms with E-state index in [1.807, 2.05) is 0 Å². The molecule has 0 unspecified atom stereocenters. The molecule has 0 aromatic heterocycles. The number of hydrogen-bond donors (Lipinski definition) is 0. The average Bonchev–Trinajstić information content (AvgIpc) is 2.53. The molecule has 0 saturated carbocycles. The maximum atomic E-state index is 4.28. The predicted molar refractivity (Wildman–Crippen MR) is 115 cm³/mol. The van der Waals surface area contributed by atoms with Gasteiger partial charge in [-0.05, 0) is 0 Å². The van der Waals surface area contributed by atoms with Crippen LogP contribution in [0.25, 0.3) is 0 Å². The van der Waals surface area contributed by atoms with Crippen molar-refractivity contribution in [1.82, 2.24) is 0 Å². The standard InChI is InChI=1S/C22H47P/c1-6-9-12-13-14-15-16-17-20-23(18-10-7-2,19-11-8-3)21-22(4)5/h23H,4,6-21H2,1-3,5H3. The van der Waals surface area contributed by atoms with E-state index in [0.29, 0.717) is 0 Å². The van der Waals surface area contributed by atoms with Crippen molar-refractivity contribution in [3.63, 3.8) is 0 Å². The average molecular weight is 343 g/mol. The predicted octanol–water partition coefficient (Wildman–Crippen LogP) is 8.05. The van der Waals surface area contributed by atoms with Gasteiger partial charge in [0.25, 0.3) is 0 Å². The van der Waals surface area contributed by atoms with E-state index in [9.17, 15) is 0 Å². The Hall–Kier alpha value is 0.170. The molecule has 0 N–H and O–H groups in total. The normalized spacial score (nSPS) is 12.5. The first-order chi connectivity index (χ1) is 11.1. The fourth-order valence-corrected chi connectivity index (χ4v) is 9.79. The summed E-state index contributed by atoms with van der Waals surface area (Å²) in [5.41, 5.74) is 1.46. The van der Waals surface area contributed by atoms with E-state index in [0.717, 1.165) is 0 Å². The molecule has 0 heterocycles. The zero-order chi connectivity index (χ0) is 17.4. The first kappa shape index (κ1) is 23.2. The third-order valence-corrected chi connectivity index (χ3v) is 11.0. The van der Waals surface area contributed by atoms with Gasteiger partial charge in [-0.15, -0.1) is 0 Å². The van der Waals surface area contributed by atoms with Crippen LogP contribution in [0.5, 0.6) is 0 Å². The van der Waals surface area contributed by atoms with Crippen LogP contribution >= 0.6 is 7.26 Å². The van der Waals surface area contributed by atoms with E-state index in [1.165, 1.54) is 88.8 Å². The van der Waals surface area contributed by atoms with Crippen molar-refractivity contribution in [3.8, 4) is 0 Å². The summed E-state index contributed by atoms with van der Waals surface area (Å²) in [7, 11) is -1.08. The fourth-order valence-electron chi connectivity index (χ4n) is 4.02. The molecular formula is C22H47P. The SMILES string of the molecule is C=C(C)C[PH](CCCC)(CCCC)CCCCCCCCCC. The van der Waals surface area contributed by atoms with Crippen LogP contribution in [0.4, 0.5) is 0 Å². The van der Waals surface area contributed by atoms with E-state index in [4.69, 9.17) is 0 Å². The van der Waals surface area contributed by atoms with Crippen molar-refractivity contribution in [2.45, 2.75) is 105 Å².